The summed E-state index contributed by atoms with van der Waals surface area (Å²) in [5.74, 6) is -8.17. The minimum atomic E-state index is -1.76. The maximum absolute atomic E-state index is 14.0. The van der Waals surface area contributed by atoms with E-state index in [0.29, 0.717) is 24.1 Å². The number of imidazole rings is 2. The molecule has 378 valence electrons. The number of unbranched alkanes of at least 4 members (excludes halogenated alkanes) is 1. The van der Waals surface area contributed by atoms with E-state index in [1.165, 1.54) is 32.0 Å². The quantitative estimate of drug-likeness (QED) is 0.0162. The first-order chi connectivity index (χ1) is 32.9. The molecule has 20 N–H and O–H groups in total. The molecule has 69 heavy (non-hydrogen) atoms. The third-order valence-electron chi connectivity index (χ3n) is 10.2. The van der Waals surface area contributed by atoms with E-state index in [2.05, 4.69) is 67.5 Å². The minimum absolute atomic E-state index is 0.0224. The molecule has 0 bridgehead atoms. The van der Waals surface area contributed by atoms with Gasteiger partial charge in [-0.2, -0.15) is 0 Å². The molecule has 0 fully saturated rings. The van der Waals surface area contributed by atoms with Crippen LogP contribution in [0, 0.1) is 5.41 Å². The molecule has 0 radical (unpaired) electrons. The summed E-state index contributed by atoms with van der Waals surface area (Å²) in [6, 6.07) is -6.77. The highest BCUT2D eigenvalue weighted by atomic mass is 16.4. The van der Waals surface area contributed by atoms with Crippen molar-refractivity contribution < 1.29 is 53.7 Å². The van der Waals surface area contributed by atoms with Crippen molar-refractivity contribution in [2.45, 2.75) is 107 Å². The molecule has 28 nitrogen and oxygen atoms in total. The number of aliphatic carboxylic acids is 1. The number of nitrogens with one attached hydrogen (secondary N) is 11. The highest BCUT2D eigenvalue weighted by molar-refractivity contribution is 5.97. The van der Waals surface area contributed by atoms with Crippen LogP contribution in [0.2, 0.25) is 0 Å². The van der Waals surface area contributed by atoms with Gasteiger partial charge in [-0.05, 0) is 63.6 Å². The maximum Gasteiger partial charge on any atom is 0.328 e. The minimum Gasteiger partial charge on any atom is -0.480 e. The number of hydrogen-bond acceptors (Lipinski definition) is 16. The number of amides is 7. The number of aromatic amines is 2. The lowest BCUT2D eigenvalue weighted by atomic mass is 10.0. The first kappa shape index (κ1) is 55.8. The molecule has 0 saturated heterocycles. The van der Waals surface area contributed by atoms with Gasteiger partial charge >= 0.3 is 5.97 Å². The van der Waals surface area contributed by atoms with Crippen molar-refractivity contribution in [3.63, 3.8) is 0 Å². The zero-order valence-electron chi connectivity index (χ0n) is 37.9. The number of hydrogen-bond donors (Lipinski definition) is 17. The monoisotopic (exact) mass is 969 g/mol. The standard InChI is InChI=1S/C41H63N17O11/c1-22(60)33(39(67)56-30(14-25-17-48-21-52-25)38(66)55-28(8-5-11-49-41(44)45)35(63)57-31(19-59)40(68)69)58-36(64)27(7-2-3-9-42)54-37(65)29(13-24-16-47-20-51-24)53-32(61)18-50-34(62)26(43)12-23-6-4-10-46-15-23/h4,6,10,15-17,20-22,26-31,33,59-60H,2-3,5,7-9,11-14,18-19,42-43H2,1H3,(H,47,51)(H,48,52)(H,50,62)(H,53,61)(H,54,65)(H,55,66)(H,56,67)(H,57,63)(H,58,64)(H,68,69)(H4,44,45,49)/t22-,26+,27+,28+,29+,30+,31+,33+/m1/s1. The van der Waals surface area contributed by atoms with E-state index in [9.17, 15) is 53.7 Å². The molecule has 0 aromatic carbocycles. The Labute approximate surface area is 395 Å². The first-order valence-corrected chi connectivity index (χ1v) is 21.9. The number of carbonyl (C=O) groups excluding carboxylic acids is 7. The fourth-order valence-electron chi connectivity index (χ4n) is 6.53. The molecule has 0 saturated carbocycles. The number of H-pyrrole nitrogens is 2. The second-order valence-corrected chi connectivity index (χ2v) is 15.8. The topological polar surface area (TPSA) is 466 Å². The predicted octanol–water partition coefficient (Wildman–Crippen LogP) is -6.24. The van der Waals surface area contributed by atoms with Crippen LogP contribution in [-0.2, 0) is 57.6 Å². The molecule has 3 rings (SSSR count). The van der Waals surface area contributed by atoms with Crippen LogP contribution in [0.15, 0.2) is 49.6 Å². The summed E-state index contributed by atoms with van der Waals surface area (Å²) >= 11 is 0. The fourth-order valence-corrected chi connectivity index (χ4v) is 6.53. The van der Waals surface area contributed by atoms with E-state index in [0.717, 1.165) is 0 Å². The van der Waals surface area contributed by atoms with Crippen molar-refractivity contribution in [3.8, 4) is 0 Å². The molecular weight excluding hydrogens is 907 g/mol. The number of nitrogens with zero attached hydrogens (tertiary/aromatic N) is 3. The number of carboxylic acids is 1. The first-order valence-electron chi connectivity index (χ1n) is 21.9. The molecule has 7 amide bonds. The van der Waals surface area contributed by atoms with Crippen LogP contribution in [0.5, 0.6) is 0 Å². The summed E-state index contributed by atoms with van der Waals surface area (Å²) in [7, 11) is 0. The number of rotatable bonds is 31. The molecule has 3 heterocycles. The van der Waals surface area contributed by atoms with Gasteiger partial charge in [-0.1, -0.05) is 6.07 Å². The molecule has 0 aliphatic rings. The number of guanidine groups is 1. The largest absolute Gasteiger partial charge is 0.480 e. The molecule has 3 aromatic heterocycles. The number of aromatic nitrogens is 5. The van der Waals surface area contributed by atoms with E-state index in [1.807, 2.05) is 0 Å². The van der Waals surface area contributed by atoms with Crippen molar-refractivity contribution in [2.24, 2.45) is 17.2 Å². The number of aliphatic hydroxyl groups is 2. The van der Waals surface area contributed by atoms with Crippen molar-refractivity contribution in [1.29, 1.82) is 5.41 Å². The van der Waals surface area contributed by atoms with Gasteiger partial charge < -0.3 is 85.0 Å². The SMILES string of the molecule is C[C@@H](O)[C@H](NC(=O)[C@H](CCCCN)NC(=O)[C@H](Cc1c[nH]cn1)NC(=O)CNC(=O)[C@@H](N)Cc1cccnc1)C(=O)N[C@@H](Cc1c[nH]cn1)C(=O)N[C@@H](CCCNC(=N)N)C(=O)N[C@@H](CO)C(=O)O. The molecule has 0 aliphatic heterocycles. The van der Waals surface area contributed by atoms with Gasteiger partial charge in [0.2, 0.25) is 41.4 Å². The van der Waals surface area contributed by atoms with Crippen molar-refractivity contribution in [2.75, 3.05) is 26.2 Å². The van der Waals surface area contributed by atoms with Crippen LogP contribution < -0.4 is 59.7 Å². The number of pyridine rings is 1. The van der Waals surface area contributed by atoms with E-state index in [-0.39, 0.29) is 63.3 Å². The third kappa shape index (κ3) is 20.1. The van der Waals surface area contributed by atoms with Crippen LogP contribution in [0.3, 0.4) is 0 Å². The van der Waals surface area contributed by atoms with Gasteiger partial charge in [0.25, 0.3) is 0 Å². The van der Waals surface area contributed by atoms with Crippen LogP contribution in [0.1, 0.15) is 56.0 Å². The van der Waals surface area contributed by atoms with E-state index < -0.39 is 109 Å². The Morgan fingerprint density at radius 1 is 0.725 bits per heavy atom. The van der Waals surface area contributed by atoms with Gasteiger partial charge in [0.1, 0.15) is 36.3 Å². The lowest BCUT2D eigenvalue weighted by Gasteiger charge is -2.28. The number of nitrogens with two attached hydrogens (primary N) is 3. The van der Waals surface area contributed by atoms with Crippen molar-refractivity contribution in [1.82, 2.24) is 67.5 Å². The van der Waals surface area contributed by atoms with Crippen LogP contribution in [0.4, 0.5) is 0 Å². The van der Waals surface area contributed by atoms with Gasteiger partial charge in [0, 0.05) is 44.2 Å². The summed E-state index contributed by atoms with van der Waals surface area (Å²) in [4.78, 5) is 124. The Morgan fingerprint density at radius 2 is 1.28 bits per heavy atom. The van der Waals surface area contributed by atoms with Gasteiger partial charge in [-0.15, -0.1) is 0 Å². The lowest BCUT2D eigenvalue weighted by molar-refractivity contribution is -0.143. The van der Waals surface area contributed by atoms with Gasteiger partial charge in [-0.25, -0.2) is 14.8 Å². The Kier molecular flexibility index (Phi) is 23.6. The Balaban J connectivity index is 1.80. The molecule has 0 spiro atoms. The van der Waals surface area contributed by atoms with Crippen LogP contribution in [-0.4, -0.2) is 168 Å². The summed E-state index contributed by atoms with van der Waals surface area (Å²) in [6.45, 7) is -0.0310. The van der Waals surface area contributed by atoms with E-state index in [1.54, 1.807) is 24.5 Å². The summed E-state index contributed by atoms with van der Waals surface area (Å²) in [6.07, 6.45) is 7.45. The summed E-state index contributed by atoms with van der Waals surface area (Å²) < 4.78 is 0. The van der Waals surface area contributed by atoms with Crippen LogP contribution >= 0.6 is 0 Å². The Morgan fingerprint density at radius 3 is 1.78 bits per heavy atom. The smallest absolute Gasteiger partial charge is 0.328 e. The molecule has 8 atom stereocenters. The number of aliphatic hydroxyl groups excluding tert-OH is 2. The van der Waals surface area contributed by atoms with Gasteiger partial charge in [0.05, 0.1) is 49.3 Å². The fraction of sp³-hybridized carbons (Fsp3) is 0.512. The highest BCUT2D eigenvalue weighted by Gasteiger charge is 2.35. The second-order valence-electron chi connectivity index (χ2n) is 15.8. The normalized spacial score (nSPS) is 14.4. The van der Waals surface area contributed by atoms with E-state index in [4.69, 9.17) is 22.6 Å². The average molecular weight is 970 g/mol. The predicted molar refractivity (Wildman–Crippen MR) is 244 cm³/mol. The molecule has 28 heteroatoms. The zero-order valence-corrected chi connectivity index (χ0v) is 37.9. The molecule has 0 aliphatic carbocycles. The molecule has 0 unspecified atom stereocenters. The lowest BCUT2D eigenvalue weighted by Crippen LogP contribution is -2.62. The van der Waals surface area contributed by atoms with Gasteiger partial charge in [0.15, 0.2) is 5.96 Å². The Bertz CT molecular complexity index is 2130. The Hall–Kier alpha value is -7.56. The summed E-state index contributed by atoms with van der Waals surface area (Å²) in [5, 5.41) is 56.7. The van der Waals surface area contributed by atoms with E-state index >= 15 is 0 Å². The van der Waals surface area contributed by atoms with Crippen molar-refractivity contribution in [3.05, 3.63) is 66.5 Å². The maximum atomic E-state index is 14.0. The molecular formula is C41H63N17O11. The van der Waals surface area contributed by atoms with Gasteiger partial charge in [-0.3, -0.25) is 44.0 Å². The van der Waals surface area contributed by atoms with Crippen molar-refractivity contribution >= 4 is 53.3 Å². The second kappa shape index (κ2) is 29.3. The van der Waals surface area contributed by atoms with Crippen LogP contribution in [0.25, 0.3) is 0 Å². The molecule has 3 aromatic rings. The highest BCUT2D eigenvalue weighted by Crippen LogP contribution is 2.09. The third-order valence-corrected chi connectivity index (χ3v) is 10.2. The number of carboxylic acid groups (broad SMARTS) is 1. The summed E-state index contributed by atoms with van der Waals surface area (Å²) in [5.41, 5.74) is 18.4. The average Bonchev–Trinajstić information content (AvgIpc) is 4.04. The zero-order chi connectivity index (χ0) is 50.9. The number of carbonyl (C=O) groups is 8.